The molecule has 0 aromatic heterocycles. The van der Waals surface area contributed by atoms with Gasteiger partial charge >= 0.3 is 25.8 Å². The molecule has 0 heterocycles. The molecule has 13 heteroatoms. The van der Waals surface area contributed by atoms with Crippen molar-refractivity contribution < 1.29 is 42.7 Å². The Morgan fingerprint density at radius 2 is 1.58 bits per heavy atom. The van der Waals surface area contributed by atoms with Crippen LogP contribution in [0, 0.1) is 18.8 Å². The summed E-state index contributed by atoms with van der Waals surface area (Å²) in [4.78, 5) is 60.2. The number of hydrogen-bond donors (Lipinski definition) is 4. The Morgan fingerprint density at radius 1 is 0.979 bits per heavy atom. The maximum absolute atomic E-state index is 13.4. The molecule has 2 amide bonds. The van der Waals surface area contributed by atoms with Crippen molar-refractivity contribution in [3.8, 4) is 0 Å². The van der Waals surface area contributed by atoms with Crippen molar-refractivity contribution in [3.63, 3.8) is 0 Å². The molecule has 266 valence electrons. The van der Waals surface area contributed by atoms with Crippen molar-refractivity contribution in [3.05, 3.63) is 53.6 Å². The van der Waals surface area contributed by atoms with E-state index in [2.05, 4.69) is 43.2 Å². The summed E-state index contributed by atoms with van der Waals surface area (Å²) in [5.41, 5.74) is 2.47. The van der Waals surface area contributed by atoms with E-state index in [1.807, 2.05) is 56.3 Å². The second-order valence-electron chi connectivity index (χ2n) is 13.5. The molecule has 1 saturated carbocycles. The lowest BCUT2D eigenvalue weighted by Gasteiger charge is -2.37. The number of amides is 2. The van der Waals surface area contributed by atoms with E-state index in [0.29, 0.717) is 29.6 Å². The zero-order chi connectivity index (χ0) is 35.6. The molecule has 1 fully saturated rings. The van der Waals surface area contributed by atoms with Crippen LogP contribution in [0.3, 0.4) is 0 Å². The molecule has 1 atom stereocenters. The third kappa shape index (κ3) is 11.6. The van der Waals surface area contributed by atoms with Crippen molar-refractivity contribution in [1.29, 1.82) is 0 Å². The molecule has 0 spiro atoms. The van der Waals surface area contributed by atoms with Crippen LogP contribution in [0.1, 0.15) is 90.2 Å². The third-order valence-corrected chi connectivity index (χ3v) is 8.93. The number of hydrogen-bond acceptors (Lipinski definition) is 8. The van der Waals surface area contributed by atoms with Crippen LogP contribution in [0.4, 0.5) is 21.9 Å². The molecule has 48 heavy (non-hydrogen) atoms. The number of aryl methyl sites for hydroxylation is 1. The SMILES string of the molecule is CC[C@@H](CC(=O)OC1(C(=O)OC)CCC(OP(=O)(O)O)CC1)c1ccc(N(CC(C)C)CC(C)C)c(NC(=O)Nc2ccc(C)cc2)c1. The Balaban J connectivity index is 1.87. The van der Waals surface area contributed by atoms with Crippen LogP contribution in [-0.4, -0.2) is 59.7 Å². The molecule has 0 unspecified atom stereocenters. The standard InChI is InChI=1S/C35H52N3O9P/c1-8-26(20-32(39)46-35(33(40)45-7)17-15-29(16-18-35)47-48(42,43)44)27-11-14-31(38(21-23(2)3)22-24(4)5)30(19-27)37-34(41)36-28-12-9-25(6)10-13-28/h9-14,19,23-24,26,29H,8,15-18,20-22H2,1-7H3,(H2,36,37,41)(H2,42,43,44)/t26-,29?,35?/m0/s1. The van der Waals surface area contributed by atoms with Crippen molar-refractivity contribution >= 4 is 42.9 Å². The van der Waals surface area contributed by atoms with Gasteiger partial charge in [-0.2, -0.15) is 0 Å². The van der Waals surface area contributed by atoms with Gasteiger partial charge in [-0.05, 0) is 73.8 Å². The largest absolute Gasteiger partial charge is 0.469 e. The number of phosphoric ester groups is 1. The van der Waals surface area contributed by atoms with E-state index >= 15 is 0 Å². The summed E-state index contributed by atoms with van der Waals surface area (Å²) < 4.78 is 26.9. The third-order valence-electron chi connectivity index (χ3n) is 8.36. The molecule has 1 aliphatic rings. The monoisotopic (exact) mass is 689 g/mol. The summed E-state index contributed by atoms with van der Waals surface area (Å²) in [6.07, 6.45) is -0.00295. The Labute approximate surface area is 284 Å². The second-order valence-corrected chi connectivity index (χ2v) is 14.7. The van der Waals surface area contributed by atoms with Gasteiger partial charge in [0.25, 0.3) is 0 Å². The zero-order valence-electron chi connectivity index (χ0n) is 29.2. The lowest BCUT2D eigenvalue weighted by atomic mass is 9.83. The molecule has 0 bridgehead atoms. The molecular formula is C35H52N3O9P. The predicted octanol–water partition coefficient (Wildman–Crippen LogP) is 7.15. The maximum Gasteiger partial charge on any atom is 0.469 e. The van der Waals surface area contributed by atoms with Crippen molar-refractivity contribution in [2.45, 2.75) is 97.7 Å². The topological polar surface area (TPSA) is 164 Å². The normalized spacial score (nSPS) is 18.7. The lowest BCUT2D eigenvalue weighted by molar-refractivity contribution is -0.187. The van der Waals surface area contributed by atoms with Crippen LogP contribution < -0.4 is 15.5 Å². The number of carbonyl (C=O) groups excluding carboxylic acids is 3. The zero-order valence-corrected chi connectivity index (χ0v) is 30.0. The Bertz CT molecular complexity index is 1420. The summed E-state index contributed by atoms with van der Waals surface area (Å²) in [5, 5.41) is 5.95. The summed E-state index contributed by atoms with van der Waals surface area (Å²) in [5.74, 6) is -0.865. The van der Waals surface area contributed by atoms with E-state index in [1.54, 1.807) is 0 Å². The van der Waals surface area contributed by atoms with Gasteiger partial charge in [0.1, 0.15) is 0 Å². The molecule has 12 nitrogen and oxygen atoms in total. The van der Waals surface area contributed by atoms with Gasteiger partial charge in [0.2, 0.25) is 5.60 Å². The smallest absolute Gasteiger partial charge is 0.466 e. The number of benzene rings is 2. The highest BCUT2D eigenvalue weighted by molar-refractivity contribution is 7.46. The molecular weight excluding hydrogens is 637 g/mol. The van der Waals surface area contributed by atoms with E-state index in [4.69, 9.17) is 14.0 Å². The minimum Gasteiger partial charge on any atom is -0.466 e. The first-order valence-electron chi connectivity index (χ1n) is 16.6. The van der Waals surface area contributed by atoms with Gasteiger partial charge in [-0.3, -0.25) is 9.32 Å². The van der Waals surface area contributed by atoms with Gasteiger partial charge in [0, 0.05) is 31.6 Å². The summed E-state index contributed by atoms with van der Waals surface area (Å²) in [6, 6.07) is 13.0. The van der Waals surface area contributed by atoms with E-state index < -0.39 is 37.5 Å². The van der Waals surface area contributed by atoms with E-state index in [1.165, 1.54) is 7.11 Å². The number of urea groups is 1. The number of ether oxygens (including phenoxy) is 2. The van der Waals surface area contributed by atoms with Crippen LogP contribution in [0.2, 0.25) is 0 Å². The van der Waals surface area contributed by atoms with Crippen LogP contribution in [0.15, 0.2) is 42.5 Å². The van der Waals surface area contributed by atoms with E-state index in [-0.39, 0.29) is 38.0 Å². The number of carbonyl (C=O) groups is 3. The van der Waals surface area contributed by atoms with Crippen molar-refractivity contribution in [1.82, 2.24) is 0 Å². The van der Waals surface area contributed by atoms with Gasteiger partial charge < -0.3 is 34.8 Å². The van der Waals surface area contributed by atoms with Crippen LogP contribution >= 0.6 is 7.82 Å². The average molecular weight is 690 g/mol. The van der Waals surface area contributed by atoms with Crippen LogP contribution in [0.25, 0.3) is 0 Å². The fraction of sp³-hybridized carbons (Fsp3) is 0.571. The number of rotatable bonds is 15. The molecule has 2 aromatic rings. The first-order chi connectivity index (χ1) is 22.5. The van der Waals surface area contributed by atoms with E-state index in [0.717, 1.165) is 29.9 Å². The number of nitrogens with one attached hydrogen (secondary N) is 2. The Morgan fingerprint density at radius 3 is 2.10 bits per heavy atom. The van der Waals surface area contributed by atoms with Crippen molar-refractivity contribution in [2.24, 2.45) is 11.8 Å². The molecule has 0 saturated heterocycles. The number of nitrogens with zero attached hydrogens (tertiary/aromatic N) is 1. The fourth-order valence-corrected chi connectivity index (χ4v) is 6.71. The summed E-state index contributed by atoms with van der Waals surface area (Å²) in [7, 11) is -3.50. The molecule has 1 aliphatic carbocycles. The van der Waals surface area contributed by atoms with E-state index in [9.17, 15) is 28.7 Å². The Kier molecular flexibility index (Phi) is 14.0. The van der Waals surface area contributed by atoms with Crippen LogP contribution in [-0.2, 0) is 28.2 Å². The highest BCUT2D eigenvalue weighted by Gasteiger charge is 2.47. The van der Waals surface area contributed by atoms with Gasteiger partial charge in [-0.1, -0.05) is 58.4 Å². The van der Waals surface area contributed by atoms with Crippen molar-refractivity contribution in [2.75, 3.05) is 35.7 Å². The molecule has 0 aliphatic heterocycles. The van der Waals surface area contributed by atoms with Gasteiger partial charge in [0.05, 0.1) is 31.0 Å². The number of esters is 2. The minimum atomic E-state index is -4.71. The predicted molar refractivity (Wildman–Crippen MR) is 186 cm³/mol. The molecule has 2 aromatic carbocycles. The number of phosphoric acid groups is 1. The molecule has 4 N–H and O–H groups in total. The Hall–Kier alpha value is -3.44. The fourth-order valence-electron chi connectivity index (χ4n) is 6.11. The molecule has 0 radical (unpaired) electrons. The summed E-state index contributed by atoms with van der Waals surface area (Å²) in [6.45, 7) is 14.1. The summed E-state index contributed by atoms with van der Waals surface area (Å²) >= 11 is 0. The first-order valence-corrected chi connectivity index (χ1v) is 18.1. The lowest BCUT2D eigenvalue weighted by Crippen LogP contribution is -2.48. The van der Waals surface area contributed by atoms with Gasteiger partial charge in [-0.25, -0.2) is 14.2 Å². The molecule has 3 rings (SSSR count). The average Bonchev–Trinajstić information content (AvgIpc) is 3.00. The van der Waals surface area contributed by atoms with Crippen LogP contribution in [0.5, 0.6) is 0 Å². The maximum atomic E-state index is 13.4. The quantitative estimate of drug-likeness (QED) is 0.112. The second kappa shape index (κ2) is 17.3. The highest BCUT2D eigenvalue weighted by atomic mass is 31.2. The number of methoxy groups -OCH3 is 1. The van der Waals surface area contributed by atoms with Gasteiger partial charge in [0.15, 0.2) is 0 Å². The first kappa shape index (κ1) is 39.0. The minimum absolute atomic E-state index is 0.00721. The van der Waals surface area contributed by atoms with Gasteiger partial charge in [-0.15, -0.1) is 0 Å². The highest BCUT2D eigenvalue weighted by Crippen LogP contribution is 2.44. The number of anilines is 3.